The number of nitrogens with zero attached hydrogens (tertiary/aromatic N) is 3. The molecule has 0 bridgehead atoms. The highest BCUT2D eigenvalue weighted by Crippen LogP contribution is 2.30. The number of carbonyl (C=O) groups is 1. The van der Waals surface area contributed by atoms with Crippen molar-refractivity contribution >= 4 is 11.6 Å². The minimum atomic E-state index is -0.0946. The third kappa shape index (κ3) is 3.71. The largest absolute Gasteiger partial charge is 0.493 e. The van der Waals surface area contributed by atoms with E-state index in [4.69, 9.17) is 14.2 Å². The van der Waals surface area contributed by atoms with Crippen LogP contribution in [0.2, 0.25) is 0 Å². The van der Waals surface area contributed by atoms with Gasteiger partial charge in [-0.3, -0.25) is 4.79 Å². The molecule has 3 rings (SSSR count). The molecule has 0 aliphatic carbocycles. The smallest absolute Gasteiger partial charge is 0.218 e. The van der Waals surface area contributed by atoms with E-state index in [0.717, 1.165) is 25.2 Å². The molecule has 0 amide bonds. The minimum absolute atomic E-state index is 0.0946. The molecule has 2 aromatic rings. The Hall–Kier alpha value is -2.83. The van der Waals surface area contributed by atoms with Crippen LogP contribution in [0, 0.1) is 5.92 Å². The Balaban J connectivity index is 1.77. The van der Waals surface area contributed by atoms with E-state index in [0.29, 0.717) is 29.5 Å². The molecule has 0 spiro atoms. The summed E-state index contributed by atoms with van der Waals surface area (Å²) < 4.78 is 15.7. The fraction of sp³-hybridized carbons (Fsp3) is 0.421. The topological polar surface area (TPSA) is 73.8 Å². The van der Waals surface area contributed by atoms with Crippen molar-refractivity contribution in [3.8, 4) is 17.4 Å². The van der Waals surface area contributed by atoms with Gasteiger partial charge >= 0.3 is 0 Å². The molecule has 7 nitrogen and oxygen atoms in total. The lowest BCUT2D eigenvalue weighted by atomic mass is 9.90. The monoisotopic (exact) mass is 357 g/mol. The standard InChI is InChI=1S/C19H23N3O4/c1-24-15-7-6-13(9-16(15)25-2)19(23)14-5-4-8-22(11-14)17-10-18(26-3)21-12-20-17/h6-7,9-10,12,14H,4-5,8,11H2,1-3H3. The summed E-state index contributed by atoms with van der Waals surface area (Å²) >= 11 is 0. The Morgan fingerprint density at radius 1 is 1.08 bits per heavy atom. The van der Waals surface area contributed by atoms with Gasteiger partial charge in [-0.15, -0.1) is 0 Å². The molecule has 1 aromatic carbocycles. The van der Waals surface area contributed by atoms with Gasteiger partial charge in [0.05, 0.1) is 21.3 Å². The predicted molar refractivity (Wildman–Crippen MR) is 97.4 cm³/mol. The summed E-state index contributed by atoms with van der Waals surface area (Å²) in [6, 6.07) is 7.09. The van der Waals surface area contributed by atoms with Crippen molar-refractivity contribution < 1.29 is 19.0 Å². The zero-order chi connectivity index (χ0) is 18.5. The van der Waals surface area contributed by atoms with E-state index >= 15 is 0 Å². The number of hydrogen-bond acceptors (Lipinski definition) is 7. The van der Waals surface area contributed by atoms with Crippen LogP contribution in [0.1, 0.15) is 23.2 Å². The van der Waals surface area contributed by atoms with E-state index < -0.39 is 0 Å². The maximum atomic E-state index is 13.0. The van der Waals surface area contributed by atoms with Gasteiger partial charge in [0.2, 0.25) is 5.88 Å². The number of ketones is 1. The summed E-state index contributed by atoms with van der Waals surface area (Å²) in [5.74, 6) is 2.48. The number of methoxy groups -OCH3 is 3. The number of ether oxygens (including phenoxy) is 3. The van der Waals surface area contributed by atoms with Gasteiger partial charge < -0.3 is 19.1 Å². The summed E-state index contributed by atoms with van der Waals surface area (Å²) in [6.45, 7) is 1.48. The van der Waals surface area contributed by atoms with Gasteiger partial charge in [0.15, 0.2) is 17.3 Å². The molecule has 2 heterocycles. The number of anilines is 1. The van der Waals surface area contributed by atoms with Crippen molar-refractivity contribution in [2.24, 2.45) is 5.92 Å². The Kier molecular flexibility index (Phi) is 5.55. The number of carbonyl (C=O) groups excluding carboxylic acids is 1. The van der Waals surface area contributed by atoms with Gasteiger partial charge in [-0.05, 0) is 31.0 Å². The van der Waals surface area contributed by atoms with E-state index in [1.807, 2.05) is 0 Å². The second-order valence-corrected chi connectivity index (χ2v) is 6.14. The SMILES string of the molecule is COc1cc(N2CCCC(C(=O)c3ccc(OC)c(OC)c3)C2)ncn1. The second-order valence-electron chi connectivity index (χ2n) is 6.14. The molecule has 26 heavy (non-hydrogen) atoms. The highest BCUT2D eigenvalue weighted by molar-refractivity contribution is 5.98. The van der Waals surface area contributed by atoms with Gasteiger partial charge in [0.25, 0.3) is 0 Å². The quantitative estimate of drug-likeness (QED) is 0.736. The van der Waals surface area contributed by atoms with Crippen LogP contribution < -0.4 is 19.1 Å². The number of Topliss-reactive ketones (excluding diaryl/α,β-unsaturated/α-hetero) is 1. The first-order valence-electron chi connectivity index (χ1n) is 8.53. The van der Waals surface area contributed by atoms with Gasteiger partial charge in [-0.1, -0.05) is 0 Å². The highest BCUT2D eigenvalue weighted by Gasteiger charge is 2.28. The molecule has 0 radical (unpaired) electrons. The van der Waals surface area contributed by atoms with E-state index in [2.05, 4.69) is 14.9 Å². The number of aromatic nitrogens is 2. The number of rotatable bonds is 6. The lowest BCUT2D eigenvalue weighted by Crippen LogP contribution is -2.39. The molecular weight excluding hydrogens is 334 g/mol. The first kappa shape index (κ1) is 18.0. The maximum Gasteiger partial charge on any atom is 0.218 e. The molecular formula is C19H23N3O4. The molecule has 0 N–H and O–H groups in total. The fourth-order valence-corrected chi connectivity index (χ4v) is 3.24. The summed E-state index contributed by atoms with van der Waals surface area (Å²) in [7, 11) is 4.72. The van der Waals surface area contributed by atoms with Crippen molar-refractivity contribution in [3.05, 3.63) is 36.2 Å². The molecule has 1 saturated heterocycles. The summed E-state index contributed by atoms with van der Waals surface area (Å²) in [4.78, 5) is 23.4. The Bertz CT molecular complexity index is 781. The van der Waals surface area contributed by atoms with Gasteiger partial charge in [0, 0.05) is 30.6 Å². The Morgan fingerprint density at radius 3 is 2.62 bits per heavy atom. The summed E-state index contributed by atoms with van der Waals surface area (Å²) in [5, 5.41) is 0. The molecule has 0 saturated carbocycles. The Morgan fingerprint density at radius 2 is 1.88 bits per heavy atom. The zero-order valence-electron chi connectivity index (χ0n) is 15.3. The van der Waals surface area contributed by atoms with E-state index in [9.17, 15) is 4.79 Å². The molecule has 138 valence electrons. The van der Waals surface area contributed by atoms with Crippen LogP contribution >= 0.6 is 0 Å². The molecule has 1 fully saturated rings. The van der Waals surface area contributed by atoms with Crippen LogP contribution in [0.3, 0.4) is 0 Å². The van der Waals surface area contributed by atoms with Crippen molar-refractivity contribution in [1.29, 1.82) is 0 Å². The number of hydrogen-bond donors (Lipinski definition) is 0. The molecule has 1 aromatic heterocycles. The van der Waals surface area contributed by atoms with Gasteiger partial charge in [0.1, 0.15) is 12.1 Å². The van der Waals surface area contributed by atoms with E-state index in [1.165, 1.54) is 6.33 Å². The lowest BCUT2D eigenvalue weighted by Gasteiger charge is -2.32. The summed E-state index contributed by atoms with van der Waals surface area (Å²) in [6.07, 6.45) is 3.26. The van der Waals surface area contributed by atoms with Gasteiger partial charge in [-0.2, -0.15) is 0 Å². The molecule has 1 aliphatic rings. The van der Waals surface area contributed by atoms with Gasteiger partial charge in [-0.25, -0.2) is 9.97 Å². The van der Waals surface area contributed by atoms with Crippen LogP contribution in [-0.4, -0.2) is 50.2 Å². The number of benzene rings is 1. The Labute approximate surface area is 152 Å². The average molecular weight is 357 g/mol. The lowest BCUT2D eigenvalue weighted by molar-refractivity contribution is 0.0906. The first-order valence-corrected chi connectivity index (χ1v) is 8.53. The molecule has 1 aliphatic heterocycles. The van der Waals surface area contributed by atoms with Crippen molar-refractivity contribution in [2.75, 3.05) is 39.3 Å². The predicted octanol–water partition coefficient (Wildman–Crippen LogP) is 2.60. The molecule has 1 unspecified atom stereocenters. The van der Waals surface area contributed by atoms with Crippen LogP contribution in [0.4, 0.5) is 5.82 Å². The highest BCUT2D eigenvalue weighted by atomic mass is 16.5. The van der Waals surface area contributed by atoms with Crippen molar-refractivity contribution in [3.63, 3.8) is 0 Å². The van der Waals surface area contributed by atoms with Crippen molar-refractivity contribution in [1.82, 2.24) is 9.97 Å². The normalized spacial score (nSPS) is 16.9. The van der Waals surface area contributed by atoms with E-state index in [1.54, 1.807) is 45.6 Å². The van der Waals surface area contributed by atoms with E-state index in [-0.39, 0.29) is 11.7 Å². The molecule has 7 heteroatoms. The van der Waals surface area contributed by atoms with Crippen LogP contribution in [0.5, 0.6) is 17.4 Å². The second kappa shape index (κ2) is 8.03. The maximum absolute atomic E-state index is 13.0. The zero-order valence-corrected chi connectivity index (χ0v) is 15.3. The summed E-state index contributed by atoms with van der Waals surface area (Å²) in [5.41, 5.74) is 0.634. The average Bonchev–Trinajstić information content (AvgIpc) is 2.72. The fourth-order valence-electron chi connectivity index (χ4n) is 3.24. The minimum Gasteiger partial charge on any atom is -0.493 e. The third-order valence-electron chi connectivity index (χ3n) is 4.62. The first-order chi connectivity index (χ1) is 12.7. The van der Waals surface area contributed by atoms with Crippen LogP contribution in [-0.2, 0) is 0 Å². The van der Waals surface area contributed by atoms with Crippen LogP contribution in [0.15, 0.2) is 30.6 Å². The van der Waals surface area contributed by atoms with Crippen LogP contribution in [0.25, 0.3) is 0 Å². The van der Waals surface area contributed by atoms with Crippen molar-refractivity contribution in [2.45, 2.75) is 12.8 Å². The third-order valence-corrected chi connectivity index (χ3v) is 4.62. The number of piperidine rings is 1. The molecule has 1 atom stereocenters.